The van der Waals surface area contributed by atoms with Crippen molar-refractivity contribution in [2.45, 2.75) is 32.9 Å². The third-order valence-corrected chi connectivity index (χ3v) is 6.30. The van der Waals surface area contributed by atoms with Gasteiger partial charge in [0.25, 0.3) is 0 Å². The number of rotatable bonds is 5. The molecule has 0 saturated carbocycles. The molecule has 31 heavy (non-hydrogen) atoms. The van der Waals surface area contributed by atoms with Crippen LogP contribution in [-0.4, -0.2) is 29.8 Å². The number of H-pyrrole nitrogens is 1. The van der Waals surface area contributed by atoms with Crippen molar-refractivity contribution >= 4 is 38.7 Å². The van der Waals surface area contributed by atoms with Crippen LogP contribution in [0.3, 0.4) is 0 Å². The lowest BCUT2D eigenvalue weighted by molar-refractivity contribution is 0.566. The first kappa shape index (κ1) is 21.3. The number of aromatic amines is 1. The van der Waals surface area contributed by atoms with Crippen molar-refractivity contribution in [2.24, 2.45) is 0 Å². The predicted octanol–water partition coefficient (Wildman–Crippen LogP) is 3.88. The van der Waals surface area contributed by atoms with Gasteiger partial charge in [-0.3, -0.25) is 9.71 Å². The van der Waals surface area contributed by atoms with Crippen LogP contribution in [-0.2, 0) is 10.0 Å². The van der Waals surface area contributed by atoms with Gasteiger partial charge >= 0.3 is 0 Å². The molecule has 9 heteroatoms. The average Bonchev–Trinajstić information content (AvgIpc) is 3.21. The Morgan fingerprint density at radius 1 is 1.13 bits per heavy atom. The maximum absolute atomic E-state index is 11.7. The molecule has 3 heterocycles. The summed E-state index contributed by atoms with van der Waals surface area (Å²) >= 11 is 5.76. The van der Waals surface area contributed by atoms with Gasteiger partial charge < -0.3 is 15.2 Å². The van der Waals surface area contributed by atoms with E-state index < -0.39 is 10.0 Å². The largest absolute Gasteiger partial charge is 0.362 e. The number of aryl methyl sites for hydroxylation is 3. The molecule has 3 aromatic rings. The third-order valence-electron chi connectivity index (χ3n) is 5.39. The summed E-state index contributed by atoms with van der Waals surface area (Å²) in [5, 5.41) is 4.04. The molecule has 0 radical (unpaired) electrons. The summed E-state index contributed by atoms with van der Waals surface area (Å²) < 4.78 is 25.9. The fraction of sp³-hybridized carbons (Fsp3) is 0.273. The number of benzene rings is 1. The molecule has 1 fully saturated rings. The lowest BCUT2D eigenvalue weighted by Gasteiger charge is -2.28. The quantitative estimate of drug-likeness (QED) is 0.506. The first-order valence-electron chi connectivity index (χ1n) is 9.89. The van der Waals surface area contributed by atoms with Crippen LogP contribution in [0, 0.1) is 20.8 Å². The van der Waals surface area contributed by atoms with Crippen molar-refractivity contribution in [2.75, 3.05) is 15.9 Å². The zero-order chi connectivity index (χ0) is 22.3. The Kier molecular flexibility index (Phi) is 5.49. The van der Waals surface area contributed by atoms with Gasteiger partial charge in [-0.2, -0.15) is 0 Å². The Hall–Kier alpha value is -2.91. The number of nitrogens with one attached hydrogen (secondary N) is 3. The van der Waals surface area contributed by atoms with Crippen molar-refractivity contribution in [3.05, 3.63) is 76.9 Å². The van der Waals surface area contributed by atoms with E-state index in [2.05, 4.69) is 37.9 Å². The lowest BCUT2D eigenvalue weighted by Crippen LogP contribution is -2.29. The minimum Gasteiger partial charge on any atom is -0.362 e. The van der Waals surface area contributed by atoms with Crippen molar-refractivity contribution in [3.63, 3.8) is 0 Å². The van der Waals surface area contributed by atoms with Gasteiger partial charge in [-0.1, -0.05) is 6.07 Å². The van der Waals surface area contributed by atoms with Crippen LogP contribution in [0.15, 0.2) is 48.7 Å². The molecule has 0 aliphatic carbocycles. The normalized spacial score (nSPS) is 18.8. The molecule has 4 rings (SSSR count). The summed E-state index contributed by atoms with van der Waals surface area (Å²) in [5.74, 6) is 0. The topological polar surface area (TPSA) is 90.1 Å². The summed E-state index contributed by atoms with van der Waals surface area (Å²) in [4.78, 5) is 10.1. The summed E-state index contributed by atoms with van der Waals surface area (Å²) in [6.45, 7) is 5.97. The van der Waals surface area contributed by atoms with Crippen molar-refractivity contribution in [1.82, 2.24) is 15.3 Å². The Bertz CT molecular complexity index is 1240. The fourth-order valence-corrected chi connectivity index (χ4v) is 5.09. The van der Waals surface area contributed by atoms with Crippen LogP contribution in [0.5, 0.6) is 0 Å². The lowest BCUT2D eigenvalue weighted by atomic mass is 9.96. The second-order valence-electron chi connectivity index (χ2n) is 7.90. The highest BCUT2D eigenvalue weighted by Crippen LogP contribution is 2.43. The van der Waals surface area contributed by atoms with E-state index in [4.69, 9.17) is 12.2 Å². The summed E-state index contributed by atoms with van der Waals surface area (Å²) in [6.07, 6.45) is 2.93. The Morgan fingerprint density at radius 3 is 2.48 bits per heavy atom. The average molecular weight is 456 g/mol. The first-order chi connectivity index (χ1) is 14.6. The molecule has 0 amide bonds. The Morgan fingerprint density at radius 2 is 1.90 bits per heavy atom. The van der Waals surface area contributed by atoms with E-state index in [9.17, 15) is 8.42 Å². The molecule has 2 atom stereocenters. The maximum atomic E-state index is 11.7. The van der Waals surface area contributed by atoms with Crippen LogP contribution in [0.2, 0.25) is 0 Å². The molecule has 3 N–H and O–H groups in total. The van der Waals surface area contributed by atoms with Crippen LogP contribution < -0.4 is 14.9 Å². The second-order valence-corrected chi connectivity index (χ2v) is 10.0. The standard InChI is InChI=1S/C22H25N5O2S2/c1-13-11-16(8-9-18(13)26-31(4,28)29)27-21(17-12-14(2)24-15(17)3)20(25-22(27)30)19-7-5-6-10-23-19/h5-12,20-21,24,26H,1-4H3,(H,25,30)/t20-,21+/m1/s1. The van der Waals surface area contributed by atoms with Crippen LogP contribution in [0.4, 0.5) is 11.4 Å². The molecule has 7 nitrogen and oxygen atoms in total. The van der Waals surface area contributed by atoms with Gasteiger partial charge in [-0.25, -0.2) is 8.42 Å². The maximum Gasteiger partial charge on any atom is 0.229 e. The zero-order valence-electron chi connectivity index (χ0n) is 17.8. The third kappa shape index (κ3) is 4.28. The number of hydrogen-bond acceptors (Lipinski definition) is 4. The first-order valence-corrected chi connectivity index (χ1v) is 12.2. The van der Waals surface area contributed by atoms with Gasteiger partial charge in [0.1, 0.15) is 0 Å². The van der Waals surface area contributed by atoms with E-state index in [1.807, 2.05) is 44.2 Å². The molecular formula is C22H25N5O2S2. The van der Waals surface area contributed by atoms with Gasteiger partial charge in [0.15, 0.2) is 5.11 Å². The number of thiocarbonyl (C=S) groups is 1. The van der Waals surface area contributed by atoms with E-state index >= 15 is 0 Å². The van der Waals surface area contributed by atoms with Gasteiger partial charge in [-0.05, 0) is 80.5 Å². The molecule has 1 aliphatic rings. The molecule has 0 bridgehead atoms. The van der Waals surface area contributed by atoms with Crippen molar-refractivity contribution in [3.8, 4) is 0 Å². The van der Waals surface area contributed by atoms with Gasteiger partial charge in [-0.15, -0.1) is 0 Å². The van der Waals surface area contributed by atoms with Gasteiger partial charge in [0, 0.05) is 23.3 Å². The van der Waals surface area contributed by atoms with Crippen molar-refractivity contribution < 1.29 is 8.42 Å². The minimum absolute atomic E-state index is 0.111. The predicted molar refractivity (Wildman–Crippen MR) is 128 cm³/mol. The van der Waals surface area contributed by atoms with E-state index in [-0.39, 0.29) is 12.1 Å². The molecule has 1 aliphatic heterocycles. The number of anilines is 2. The smallest absolute Gasteiger partial charge is 0.229 e. The molecular weight excluding hydrogens is 430 g/mol. The summed E-state index contributed by atoms with van der Waals surface area (Å²) in [6, 6.07) is 13.4. The van der Waals surface area contributed by atoms with E-state index in [1.165, 1.54) is 0 Å². The summed E-state index contributed by atoms with van der Waals surface area (Å²) in [5.41, 5.74) is 6.44. The molecule has 1 saturated heterocycles. The number of aromatic nitrogens is 2. The van der Waals surface area contributed by atoms with Crippen LogP contribution >= 0.6 is 12.2 Å². The molecule has 162 valence electrons. The van der Waals surface area contributed by atoms with Gasteiger partial charge in [0.2, 0.25) is 10.0 Å². The Balaban J connectivity index is 1.81. The van der Waals surface area contributed by atoms with Crippen molar-refractivity contribution in [1.29, 1.82) is 0 Å². The molecule has 2 aromatic heterocycles. The SMILES string of the molecule is Cc1cc([C@H]2[C@@H](c3ccccn3)NC(=S)N2c2ccc(NS(C)(=O)=O)c(C)c2)c(C)[nH]1. The minimum atomic E-state index is -3.36. The summed E-state index contributed by atoms with van der Waals surface area (Å²) in [7, 11) is -3.36. The van der Waals surface area contributed by atoms with E-state index in [0.717, 1.165) is 40.2 Å². The highest BCUT2D eigenvalue weighted by molar-refractivity contribution is 7.92. The van der Waals surface area contributed by atoms with E-state index in [0.29, 0.717) is 10.8 Å². The molecule has 1 aromatic carbocycles. The molecule has 0 spiro atoms. The zero-order valence-corrected chi connectivity index (χ0v) is 19.4. The van der Waals surface area contributed by atoms with Gasteiger partial charge in [0.05, 0.1) is 29.7 Å². The number of hydrogen-bond donors (Lipinski definition) is 3. The Labute approximate surface area is 188 Å². The van der Waals surface area contributed by atoms with E-state index in [1.54, 1.807) is 12.3 Å². The number of sulfonamides is 1. The molecule has 0 unspecified atom stereocenters. The van der Waals surface area contributed by atoms with Crippen LogP contribution in [0.25, 0.3) is 0 Å². The highest BCUT2D eigenvalue weighted by Gasteiger charge is 2.41. The second kappa shape index (κ2) is 7.97. The fourth-order valence-electron chi connectivity index (χ4n) is 4.11. The van der Waals surface area contributed by atoms with Crippen LogP contribution in [0.1, 0.15) is 40.3 Å². The highest BCUT2D eigenvalue weighted by atomic mass is 32.2. The monoisotopic (exact) mass is 455 g/mol. The number of pyridine rings is 1. The number of nitrogens with zero attached hydrogens (tertiary/aromatic N) is 2.